The molecule has 0 radical (unpaired) electrons. The maximum absolute atomic E-state index is 13.2. The molecule has 1 atom stereocenters. The number of hydrogen-bond acceptors (Lipinski definition) is 3. The fourth-order valence-corrected chi connectivity index (χ4v) is 3.90. The summed E-state index contributed by atoms with van der Waals surface area (Å²) in [5.74, 6) is -0.269. The number of Topliss-reactive ketones (excluding diaryl/α,β-unsaturated/α-hetero) is 1. The molecule has 24 heavy (non-hydrogen) atoms. The van der Waals surface area contributed by atoms with Gasteiger partial charge in [-0.05, 0) is 37.5 Å². The number of hydrogen-bond donors (Lipinski definition) is 0. The lowest BCUT2D eigenvalue weighted by atomic mass is 9.57. The van der Waals surface area contributed by atoms with Crippen molar-refractivity contribution in [2.75, 3.05) is 13.6 Å². The highest BCUT2D eigenvalue weighted by Crippen LogP contribution is 2.51. The van der Waals surface area contributed by atoms with Crippen molar-refractivity contribution in [3.8, 4) is 6.07 Å². The first-order valence-corrected chi connectivity index (χ1v) is 8.01. The summed E-state index contributed by atoms with van der Waals surface area (Å²) in [5.41, 5.74) is 0.0796. The molecular formula is C20H20N2O2. The van der Waals surface area contributed by atoms with Gasteiger partial charge >= 0.3 is 0 Å². The summed E-state index contributed by atoms with van der Waals surface area (Å²) in [4.78, 5) is 27.5. The topological polar surface area (TPSA) is 61.2 Å². The average Bonchev–Trinajstić information content (AvgIpc) is 2.56. The number of nitriles is 1. The van der Waals surface area contributed by atoms with Crippen LogP contribution in [0.3, 0.4) is 0 Å². The second-order valence-corrected chi connectivity index (χ2v) is 7.06. The molecular weight excluding hydrogens is 300 g/mol. The van der Waals surface area contributed by atoms with Crippen LogP contribution in [0, 0.1) is 22.2 Å². The molecule has 0 aromatic heterocycles. The van der Waals surface area contributed by atoms with E-state index >= 15 is 0 Å². The summed E-state index contributed by atoms with van der Waals surface area (Å²) in [6.45, 7) is 4.10. The van der Waals surface area contributed by atoms with Gasteiger partial charge in [0.25, 0.3) is 0 Å². The summed E-state index contributed by atoms with van der Waals surface area (Å²) in [6.07, 6.45) is 4.02. The molecule has 1 aromatic rings. The van der Waals surface area contributed by atoms with Gasteiger partial charge in [-0.1, -0.05) is 36.4 Å². The number of amides is 1. The number of carbonyl (C=O) groups is 2. The molecule has 0 N–H and O–H groups in total. The third kappa shape index (κ3) is 2.20. The monoisotopic (exact) mass is 320 g/mol. The summed E-state index contributed by atoms with van der Waals surface area (Å²) in [7, 11) is 1.76. The van der Waals surface area contributed by atoms with Crippen molar-refractivity contribution >= 4 is 11.7 Å². The number of likely N-dealkylation sites (N-methyl/N-ethyl adjacent to an activating group) is 1. The minimum absolute atomic E-state index is 0.0582. The Kier molecular flexibility index (Phi) is 3.68. The zero-order valence-electron chi connectivity index (χ0n) is 14.2. The van der Waals surface area contributed by atoms with Crippen molar-refractivity contribution < 1.29 is 9.59 Å². The predicted octanol–water partition coefficient (Wildman–Crippen LogP) is 2.67. The average molecular weight is 320 g/mol. The fourth-order valence-electron chi connectivity index (χ4n) is 3.90. The molecule has 0 spiro atoms. The molecule has 4 heteroatoms. The smallest absolute Gasteiger partial charge is 0.237 e. The molecule has 3 rings (SSSR count). The molecule has 1 aliphatic heterocycles. The maximum Gasteiger partial charge on any atom is 0.237 e. The van der Waals surface area contributed by atoms with Crippen LogP contribution in [-0.4, -0.2) is 30.2 Å². The molecule has 1 aromatic carbocycles. The lowest BCUT2D eigenvalue weighted by Crippen LogP contribution is -2.54. The standard InChI is InChI=1S/C20H20N2O2/c1-19(2)16-9-10-22(3)18(24)20(16,12-15(13-21)17(19)23)11-14-7-5-4-6-8-14/h4-9,12H,10-11H2,1-3H3/t20-/m1/s1. The van der Waals surface area contributed by atoms with Gasteiger partial charge in [0.15, 0.2) is 5.78 Å². The Bertz CT molecular complexity index is 812. The summed E-state index contributed by atoms with van der Waals surface area (Å²) in [6, 6.07) is 11.7. The van der Waals surface area contributed by atoms with Gasteiger partial charge < -0.3 is 4.90 Å². The third-order valence-corrected chi connectivity index (χ3v) is 5.10. The SMILES string of the molecule is CN1CC=C2C(C)(C)C(=O)C(C#N)=C[C@@]2(Cc2ccccc2)C1=O. The van der Waals surface area contributed by atoms with E-state index in [9.17, 15) is 14.9 Å². The van der Waals surface area contributed by atoms with Crippen LogP contribution >= 0.6 is 0 Å². The second-order valence-electron chi connectivity index (χ2n) is 7.06. The molecule has 0 saturated carbocycles. The Labute approximate surface area is 142 Å². The normalized spacial score (nSPS) is 25.5. The first-order chi connectivity index (χ1) is 11.3. The highest BCUT2D eigenvalue weighted by atomic mass is 16.2. The van der Waals surface area contributed by atoms with Crippen LogP contribution in [0.25, 0.3) is 0 Å². The van der Waals surface area contributed by atoms with Gasteiger partial charge in [-0.25, -0.2) is 0 Å². The number of ketones is 1. The van der Waals surface area contributed by atoms with E-state index in [1.807, 2.05) is 56.3 Å². The van der Waals surface area contributed by atoms with Crippen molar-refractivity contribution in [3.63, 3.8) is 0 Å². The lowest BCUT2D eigenvalue weighted by Gasteiger charge is -2.47. The van der Waals surface area contributed by atoms with Gasteiger partial charge in [0.1, 0.15) is 6.07 Å². The van der Waals surface area contributed by atoms with Crippen LogP contribution in [-0.2, 0) is 16.0 Å². The number of benzene rings is 1. The highest BCUT2D eigenvalue weighted by Gasteiger charge is 2.55. The number of nitrogens with zero attached hydrogens (tertiary/aromatic N) is 2. The molecule has 2 aliphatic rings. The van der Waals surface area contributed by atoms with Crippen LogP contribution in [0.2, 0.25) is 0 Å². The summed E-state index contributed by atoms with van der Waals surface area (Å²) < 4.78 is 0. The number of allylic oxidation sites excluding steroid dienone is 1. The minimum Gasteiger partial charge on any atom is -0.341 e. The van der Waals surface area contributed by atoms with Crippen LogP contribution in [0.15, 0.2) is 53.6 Å². The molecule has 4 nitrogen and oxygen atoms in total. The quantitative estimate of drug-likeness (QED) is 0.787. The van der Waals surface area contributed by atoms with E-state index in [2.05, 4.69) is 0 Å². The van der Waals surface area contributed by atoms with E-state index in [1.54, 1.807) is 18.0 Å². The van der Waals surface area contributed by atoms with Gasteiger partial charge in [-0.2, -0.15) is 5.26 Å². The molecule has 1 aliphatic carbocycles. The Balaban J connectivity index is 2.26. The van der Waals surface area contributed by atoms with E-state index in [1.165, 1.54) is 0 Å². The van der Waals surface area contributed by atoms with E-state index in [0.717, 1.165) is 11.1 Å². The van der Waals surface area contributed by atoms with E-state index in [4.69, 9.17) is 0 Å². The second kappa shape index (κ2) is 5.45. The molecule has 0 saturated heterocycles. The van der Waals surface area contributed by atoms with Gasteiger partial charge in [-0.15, -0.1) is 0 Å². The van der Waals surface area contributed by atoms with Crippen molar-refractivity contribution in [2.24, 2.45) is 10.8 Å². The fraction of sp³-hybridized carbons (Fsp3) is 0.350. The molecule has 122 valence electrons. The van der Waals surface area contributed by atoms with Crippen molar-refractivity contribution in [2.45, 2.75) is 20.3 Å². The number of carbonyl (C=O) groups excluding carboxylic acids is 2. The van der Waals surface area contributed by atoms with E-state index < -0.39 is 10.8 Å². The third-order valence-electron chi connectivity index (χ3n) is 5.10. The largest absolute Gasteiger partial charge is 0.341 e. The van der Waals surface area contributed by atoms with Crippen molar-refractivity contribution in [1.29, 1.82) is 5.26 Å². The zero-order valence-corrected chi connectivity index (χ0v) is 14.2. The van der Waals surface area contributed by atoms with Crippen LogP contribution in [0.4, 0.5) is 0 Å². The van der Waals surface area contributed by atoms with Gasteiger partial charge in [0.2, 0.25) is 5.91 Å². The number of fused-ring (bicyclic) bond motifs is 1. The highest BCUT2D eigenvalue weighted by molar-refractivity contribution is 6.09. The van der Waals surface area contributed by atoms with Gasteiger partial charge in [-0.3, -0.25) is 9.59 Å². The molecule has 1 heterocycles. The first kappa shape index (κ1) is 16.2. The van der Waals surface area contributed by atoms with Crippen molar-refractivity contribution in [3.05, 3.63) is 59.2 Å². The maximum atomic E-state index is 13.2. The molecule has 0 unspecified atom stereocenters. The Morgan fingerprint density at radius 1 is 1.21 bits per heavy atom. The first-order valence-electron chi connectivity index (χ1n) is 8.01. The van der Waals surface area contributed by atoms with Crippen molar-refractivity contribution in [1.82, 2.24) is 4.90 Å². The molecule has 0 fully saturated rings. The van der Waals surface area contributed by atoms with E-state index in [-0.39, 0.29) is 17.3 Å². The van der Waals surface area contributed by atoms with Crippen LogP contribution in [0.5, 0.6) is 0 Å². The number of rotatable bonds is 2. The Morgan fingerprint density at radius 2 is 1.88 bits per heavy atom. The van der Waals surface area contributed by atoms with Gasteiger partial charge in [0, 0.05) is 13.6 Å². The van der Waals surface area contributed by atoms with E-state index in [0.29, 0.717) is 13.0 Å². The Hall–Kier alpha value is -2.67. The lowest BCUT2D eigenvalue weighted by molar-refractivity contribution is -0.138. The van der Waals surface area contributed by atoms with Crippen LogP contribution in [0.1, 0.15) is 19.4 Å². The zero-order chi connectivity index (χ0) is 17.5. The molecule has 0 bridgehead atoms. The summed E-state index contributed by atoms with van der Waals surface area (Å²) >= 11 is 0. The van der Waals surface area contributed by atoms with Crippen LogP contribution < -0.4 is 0 Å². The van der Waals surface area contributed by atoms with Gasteiger partial charge in [0.05, 0.1) is 16.4 Å². The minimum atomic E-state index is -0.961. The Morgan fingerprint density at radius 3 is 2.50 bits per heavy atom. The molecule has 1 amide bonds. The summed E-state index contributed by atoms with van der Waals surface area (Å²) in [5, 5.41) is 9.43. The predicted molar refractivity (Wildman–Crippen MR) is 90.8 cm³/mol.